The Morgan fingerprint density at radius 2 is 1.64 bits per heavy atom. The fraction of sp³-hybridized carbons (Fsp3) is 0.619. The molecule has 0 aromatic heterocycles. The van der Waals surface area contributed by atoms with E-state index in [0.717, 1.165) is 45.2 Å². The van der Waals surface area contributed by atoms with Crippen LogP contribution in [0.1, 0.15) is 56.6 Å². The summed E-state index contributed by atoms with van der Waals surface area (Å²) in [4.78, 5) is 0. The predicted octanol–water partition coefficient (Wildman–Crippen LogP) is 4.52. The zero-order valence-corrected chi connectivity index (χ0v) is 15.7. The number of hydrogen-bond donors (Lipinski definition) is 2. The summed E-state index contributed by atoms with van der Waals surface area (Å²) in [6, 6.07) is 9.07. The SMILES string of the molecule is C1CC1.C=CO.CC(N)Cc1ccc(CCCCC2OCCO2)cc1. The zero-order chi connectivity index (χ0) is 18.3. The first-order valence-corrected chi connectivity index (χ1v) is 9.47. The minimum Gasteiger partial charge on any atom is -0.516 e. The number of aryl methyl sites for hydroxylation is 1. The molecule has 4 nitrogen and oxygen atoms in total. The minimum atomic E-state index is 0.0495. The highest BCUT2D eigenvalue weighted by Gasteiger charge is 2.14. The molecule has 3 N–H and O–H groups in total. The van der Waals surface area contributed by atoms with Crippen molar-refractivity contribution in [1.29, 1.82) is 0 Å². The van der Waals surface area contributed by atoms with Crippen molar-refractivity contribution < 1.29 is 14.6 Å². The van der Waals surface area contributed by atoms with Gasteiger partial charge < -0.3 is 20.3 Å². The predicted molar refractivity (Wildman–Crippen MR) is 104 cm³/mol. The molecule has 1 saturated carbocycles. The lowest BCUT2D eigenvalue weighted by atomic mass is 10.0. The first-order chi connectivity index (χ1) is 12.2. The number of aliphatic hydroxyl groups excluding tert-OH is 1. The van der Waals surface area contributed by atoms with E-state index in [1.165, 1.54) is 36.8 Å². The third-order valence-corrected chi connectivity index (χ3v) is 3.78. The molecule has 4 heteroatoms. The van der Waals surface area contributed by atoms with Crippen LogP contribution in [0.15, 0.2) is 37.1 Å². The van der Waals surface area contributed by atoms with Crippen LogP contribution in [0.4, 0.5) is 0 Å². The van der Waals surface area contributed by atoms with E-state index in [2.05, 4.69) is 30.8 Å². The van der Waals surface area contributed by atoms with Crippen LogP contribution in [0, 0.1) is 0 Å². The second kappa shape index (κ2) is 13.9. The Kier molecular flexibility index (Phi) is 12.0. The molecule has 0 radical (unpaired) electrons. The van der Waals surface area contributed by atoms with Crippen molar-refractivity contribution in [2.75, 3.05) is 13.2 Å². The van der Waals surface area contributed by atoms with Gasteiger partial charge in [-0.1, -0.05) is 50.1 Å². The van der Waals surface area contributed by atoms with Crippen molar-refractivity contribution in [1.82, 2.24) is 0 Å². The normalized spacial score (nSPS) is 16.9. The molecule has 1 aliphatic heterocycles. The van der Waals surface area contributed by atoms with Gasteiger partial charge in [-0.2, -0.15) is 0 Å². The Hall–Kier alpha value is -1.36. The van der Waals surface area contributed by atoms with E-state index in [0.29, 0.717) is 0 Å². The van der Waals surface area contributed by atoms with Crippen LogP contribution >= 0.6 is 0 Å². The van der Waals surface area contributed by atoms with E-state index in [9.17, 15) is 0 Å². The monoisotopic (exact) mass is 349 g/mol. The molecule has 25 heavy (non-hydrogen) atoms. The molecule has 1 aromatic carbocycles. The van der Waals surface area contributed by atoms with Gasteiger partial charge in [-0.05, 0) is 50.2 Å². The molecule has 1 atom stereocenters. The quantitative estimate of drug-likeness (QED) is 0.561. The summed E-state index contributed by atoms with van der Waals surface area (Å²) in [5.74, 6) is 0. The van der Waals surface area contributed by atoms with Gasteiger partial charge in [-0.3, -0.25) is 0 Å². The summed E-state index contributed by atoms with van der Waals surface area (Å²) in [6.45, 7) is 6.47. The van der Waals surface area contributed by atoms with Gasteiger partial charge in [0.05, 0.1) is 19.5 Å². The highest BCUT2D eigenvalue weighted by Crippen LogP contribution is 2.15. The Labute approximate surface area is 153 Å². The van der Waals surface area contributed by atoms with Crippen LogP contribution in [-0.4, -0.2) is 30.7 Å². The third-order valence-electron chi connectivity index (χ3n) is 3.78. The number of benzene rings is 1. The molecule has 0 spiro atoms. The number of hydrogen-bond acceptors (Lipinski definition) is 4. The molecule has 142 valence electrons. The maximum absolute atomic E-state index is 7.33. The highest BCUT2D eigenvalue weighted by molar-refractivity contribution is 5.23. The second-order valence-corrected chi connectivity index (χ2v) is 6.66. The first-order valence-electron chi connectivity index (χ1n) is 9.47. The molecule has 1 heterocycles. The van der Waals surface area contributed by atoms with Gasteiger partial charge in [0.25, 0.3) is 0 Å². The summed E-state index contributed by atoms with van der Waals surface area (Å²) in [7, 11) is 0. The van der Waals surface area contributed by atoms with Gasteiger partial charge in [0.15, 0.2) is 6.29 Å². The van der Waals surface area contributed by atoms with Crippen molar-refractivity contribution in [2.45, 2.75) is 70.6 Å². The van der Waals surface area contributed by atoms with Crippen molar-refractivity contribution in [3.8, 4) is 0 Å². The third kappa shape index (κ3) is 12.6. The van der Waals surface area contributed by atoms with Crippen LogP contribution < -0.4 is 5.73 Å². The van der Waals surface area contributed by atoms with Crippen LogP contribution in [0.25, 0.3) is 0 Å². The average Bonchev–Trinajstić information content (AvgIpc) is 3.38. The molecule has 3 rings (SSSR count). The number of aliphatic hydroxyl groups is 1. The van der Waals surface area contributed by atoms with E-state index < -0.39 is 0 Å². The van der Waals surface area contributed by atoms with E-state index in [-0.39, 0.29) is 12.3 Å². The maximum Gasteiger partial charge on any atom is 0.157 e. The molecule has 1 saturated heterocycles. The van der Waals surface area contributed by atoms with Gasteiger partial charge in [0.2, 0.25) is 0 Å². The number of unbranched alkanes of at least 4 members (excludes halogenated alkanes) is 1. The topological polar surface area (TPSA) is 64.7 Å². The van der Waals surface area contributed by atoms with Crippen molar-refractivity contribution in [3.05, 3.63) is 48.2 Å². The Balaban J connectivity index is 0.000000445. The first kappa shape index (κ1) is 21.7. The second-order valence-electron chi connectivity index (χ2n) is 6.66. The minimum absolute atomic E-state index is 0.0495. The van der Waals surface area contributed by atoms with Crippen LogP contribution in [0.3, 0.4) is 0 Å². The van der Waals surface area contributed by atoms with E-state index in [1.54, 1.807) is 0 Å². The van der Waals surface area contributed by atoms with Crippen molar-refractivity contribution >= 4 is 0 Å². The van der Waals surface area contributed by atoms with Crippen LogP contribution in [0.5, 0.6) is 0 Å². The summed E-state index contributed by atoms with van der Waals surface area (Å²) in [5, 5.41) is 7.33. The number of rotatable bonds is 7. The van der Waals surface area contributed by atoms with Gasteiger partial charge >= 0.3 is 0 Å². The lowest BCUT2D eigenvalue weighted by molar-refractivity contribution is -0.0479. The average molecular weight is 350 g/mol. The Bertz CT molecular complexity index is 434. The summed E-state index contributed by atoms with van der Waals surface area (Å²) >= 11 is 0. The standard InChI is InChI=1S/C16H25NO2.C3H6.C2H4O/c1-13(17)12-15-8-6-14(7-9-15)4-2-3-5-16-18-10-11-19-16;1-2-3-1;1-2-3/h6-9,13,16H,2-5,10-12,17H2,1H3;1-3H2;2-3H,1H2. The van der Waals surface area contributed by atoms with Crippen molar-refractivity contribution in [3.63, 3.8) is 0 Å². The summed E-state index contributed by atoms with van der Waals surface area (Å²) in [5.41, 5.74) is 8.53. The molecule has 0 amide bonds. The smallest absolute Gasteiger partial charge is 0.157 e. The lowest BCUT2D eigenvalue weighted by Gasteiger charge is -2.09. The van der Waals surface area contributed by atoms with E-state index in [1.807, 2.05) is 6.92 Å². The highest BCUT2D eigenvalue weighted by atomic mass is 16.7. The van der Waals surface area contributed by atoms with Gasteiger partial charge in [0, 0.05) is 6.04 Å². The molecule has 2 aliphatic rings. The molecule has 0 bridgehead atoms. The summed E-state index contributed by atoms with van der Waals surface area (Å²) in [6.07, 6.45) is 10.8. The maximum atomic E-state index is 7.33. The van der Waals surface area contributed by atoms with Gasteiger partial charge in [0.1, 0.15) is 0 Å². The zero-order valence-electron chi connectivity index (χ0n) is 15.7. The molecule has 1 unspecified atom stereocenters. The summed E-state index contributed by atoms with van der Waals surface area (Å²) < 4.78 is 10.8. The Morgan fingerprint density at radius 1 is 1.12 bits per heavy atom. The largest absolute Gasteiger partial charge is 0.516 e. The van der Waals surface area contributed by atoms with Crippen LogP contribution in [0.2, 0.25) is 0 Å². The van der Waals surface area contributed by atoms with E-state index in [4.69, 9.17) is 20.3 Å². The van der Waals surface area contributed by atoms with Crippen molar-refractivity contribution in [2.24, 2.45) is 5.73 Å². The van der Waals surface area contributed by atoms with Gasteiger partial charge in [-0.15, -0.1) is 0 Å². The van der Waals surface area contributed by atoms with Crippen LogP contribution in [-0.2, 0) is 22.3 Å². The molecular weight excluding hydrogens is 314 g/mol. The molecular formula is C21H35NO3. The van der Waals surface area contributed by atoms with Gasteiger partial charge in [-0.25, -0.2) is 0 Å². The molecule has 1 aliphatic carbocycles. The molecule has 2 fully saturated rings. The Morgan fingerprint density at radius 3 is 2.12 bits per heavy atom. The number of nitrogens with two attached hydrogens (primary N) is 1. The fourth-order valence-corrected chi connectivity index (χ4v) is 2.43. The molecule has 1 aromatic rings. The lowest BCUT2D eigenvalue weighted by Crippen LogP contribution is -2.17. The number of ether oxygens (including phenoxy) is 2. The fourth-order valence-electron chi connectivity index (χ4n) is 2.43. The van der Waals surface area contributed by atoms with E-state index >= 15 is 0 Å².